The third-order valence-electron chi connectivity index (χ3n) is 6.38. The lowest BCUT2D eigenvalue weighted by molar-refractivity contribution is -0.138. The Balaban J connectivity index is 1.59. The average molecular weight is 519 g/mol. The monoisotopic (exact) mass is 518 g/mol. The van der Waals surface area contributed by atoms with Gasteiger partial charge in [0, 0.05) is 0 Å². The van der Waals surface area contributed by atoms with Crippen molar-refractivity contribution in [2.75, 3.05) is 0 Å². The summed E-state index contributed by atoms with van der Waals surface area (Å²) in [6.07, 6.45) is -1.41. The first-order valence-electron chi connectivity index (χ1n) is 11.8. The van der Waals surface area contributed by atoms with Crippen LogP contribution in [0.5, 0.6) is 0 Å². The summed E-state index contributed by atoms with van der Waals surface area (Å²) in [5, 5.41) is 3.78. The van der Waals surface area contributed by atoms with Gasteiger partial charge in [-0.25, -0.2) is 0 Å². The van der Waals surface area contributed by atoms with Crippen LogP contribution >= 0.6 is 0 Å². The van der Waals surface area contributed by atoms with Crippen molar-refractivity contribution < 1.29 is 26.3 Å². The van der Waals surface area contributed by atoms with E-state index < -0.39 is 23.5 Å². The minimum absolute atomic E-state index is 0.637. The summed E-state index contributed by atoms with van der Waals surface area (Å²) < 4.78 is 77.5. The fraction of sp³-hybridized carbons (Fsp3) is 0.0625. The van der Waals surface area contributed by atoms with Gasteiger partial charge in [-0.3, -0.25) is 0 Å². The van der Waals surface area contributed by atoms with Crippen molar-refractivity contribution in [2.45, 2.75) is 12.4 Å². The summed E-state index contributed by atoms with van der Waals surface area (Å²) in [6, 6.07) is 25.5. The molecule has 0 nitrogen and oxygen atoms in total. The predicted octanol–water partition coefficient (Wildman–Crippen LogP) is 10.4. The quantitative estimate of drug-likeness (QED) is 0.126. The number of halogens is 6. The van der Waals surface area contributed by atoms with Crippen LogP contribution in [0.1, 0.15) is 33.4 Å². The lowest BCUT2D eigenvalue weighted by Crippen LogP contribution is -2.03. The summed E-state index contributed by atoms with van der Waals surface area (Å²) >= 11 is 0. The molecule has 0 unspecified atom stereocenters. The van der Waals surface area contributed by atoms with Gasteiger partial charge in [0.25, 0.3) is 0 Å². The molecule has 0 radical (unpaired) electrons. The van der Waals surface area contributed by atoms with Crippen LogP contribution in [-0.2, 0) is 12.4 Å². The van der Waals surface area contributed by atoms with Gasteiger partial charge in [-0.15, -0.1) is 0 Å². The normalized spacial score (nSPS) is 12.8. The fourth-order valence-corrected chi connectivity index (χ4v) is 4.48. The third kappa shape index (κ3) is 5.21. The van der Waals surface area contributed by atoms with Crippen LogP contribution in [0.2, 0.25) is 0 Å². The highest BCUT2D eigenvalue weighted by Gasteiger charge is 2.30. The summed E-state index contributed by atoms with van der Waals surface area (Å²) in [5.74, 6) is 0. The summed E-state index contributed by atoms with van der Waals surface area (Å²) in [7, 11) is 0. The van der Waals surface area contributed by atoms with Gasteiger partial charge in [0.2, 0.25) is 0 Å². The number of fused-ring (bicyclic) bond motifs is 2. The number of alkyl halides is 6. The largest absolute Gasteiger partial charge is 0.416 e. The molecule has 0 aliphatic rings. The van der Waals surface area contributed by atoms with Gasteiger partial charge in [0.15, 0.2) is 0 Å². The molecule has 0 spiro atoms. The van der Waals surface area contributed by atoms with Crippen LogP contribution in [0.4, 0.5) is 26.3 Å². The van der Waals surface area contributed by atoms with Gasteiger partial charge in [-0.2, -0.15) is 26.3 Å². The molecule has 0 N–H and O–H groups in total. The van der Waals surface area contributed by atoms with Crippen molar-refractivity contribution in [2.24, 2.45) is 0 Å². The van der Waals surface area contributed by atoms with E-state index in [1.54, 1.807) is 12.2 Å². The summed E-state index contributed by atoms with van der Waals surface area (Å²) in [5.41, 5.74) is 1.71. The van der Waals surface area contributed by atoms with Crippen LogP contribution in [0.25, 0.3) is 45.8 Å². The molecule has 0 atom stereocenters. The van der Waals surface area contributed by atoms with Crippen LogP contribution < -0.4 is 0 Å². The van der Waals surface area contributed by atoms with Gasteiger partial charge in [-0.05, 0) is 68.1 Å². The zero-order chi connectivity index (χ0) is 26.9. The Kier molecular flexibility index (Phi) is 6.57. The molecule has 0 bridgehead atoms. The molecule has 0 aromatic heterocycles. The first kappa shape index (κ1) is 25.3. The van der Waals surface area contributed by atoms with Crippen molar-refractivity contribution in [3.05, 3.63) is 130 Å². The van der Waals surface area contributed by atoms with Gasteiger partial charge < -0.3 is 0 Å². The first-order valence-corrected chi connectivity index (χ1v) is 11.8. The van der Waals surface area contributed by atoms with E-state index in [0.29, 0.717) is 11.1 Å². The van der Waals surface area contributed by atoms with E-state index in [1.807, 2.05) is 60.7 Å². The van der Waals surface area contributed by atoms with Gasteiger partial charge >= 0.3 is 12.4 Å². The molecule has 0 saturated carbocycles. The van der Waals surface area contributed by atoms with Crippen LogP contribution in [0.15, 0.2) is 97.1 Å². The SMILES string of the molecule is FC(F)(F)c1ccc(/C=C/c2c3ccccc3c(/C=C/c3ccc(C(F)(F)F)cc3)c3ccccc23)cc1. The van der Waals surface area contributed by atoms with E-state index >= 15 is 0 Å². The smallest absolute Gasteiger partial charge is 0.166 e. The summed E-state index contributed by atoms with van der Waals surface area (Å²) in [4.78, 5) is 0. The molecule has 5 rings (SSSR count). The van der Waals surface area contributed by atoms with Gasteiger partial charge in [-0.1, -0.05) is 97.1 Å². The van der Waals surface area contributed by atoms with E-state index in [0.717, 1.165) is 56.9 Å². The van der Waals surface area contributed by atoms with Crippen molar-refractivity contribution in [1.29, 1.82) is 0 Å². The van der Waals surface area contributed by atoms with Crippen molar-refractivity contribution in [3.63, 3.8) is 0 Å². The highest BCUT2D eigenvalue weighted by atomic mass is 19.4. The molecular formula is C32H20F6. The molecule has 38 heavy (non-hydrogen) atoms. The number of benzene rings is 5. The Hall–Kier alpha value is -4.32. The molecule has 5 aromatic rings. The minimum Gasteiger partial charge on any atom is -0.166 e. The predicted molar refractivity (Wildman–Crippen MR) is 142 cm³/mol. The number of rotatable bonds is 4. The zero-order valence-corrected chi connectivity index (χ0v) is 19.8. The van der Waals surface area contributed by atoms with Crippen molar-refractivity contribution >= 4 is 45.8 Å². The van der Waals surface area contributed by atoms with Crippen molar-refractivity contribution in [3.8, 4) is 0 Å². The van der Waals surface area contributed by atoms with E-state index in [-0.39, 0.29) is 0 Å². The maximum absolute atomic E-state index is 12.9. The van der Waals surface area contributed by atoms with Gasteiger partial charge in [0.1, 0.15) is 0 Å². The van der Waals surface area contributed by atoms with E-state index in [1.165, 1.54) is 24.3 Å². The molecule has 5 aromatic carbocycles. The first-order chi connectivity index (χ1) is 18.1. The van der Waals surface area contributed by atoms with E-state index in [2.05, 4.69) is 0 Å². The molecule has 6 heteroatoms. The second-order valence-corrected chi connectivity index (χ2v) is 8.82. The van der Waals surface area contributed by atoms with E-state index in [9.17, 15) is 26.3 Å². The second-order valence-electron chi connectivity index (χ2n) is 8.82. The molecule has 0 fully saturated rings. The average Bonchev–Trinajstić information content (AvgIpc) is 2.90. The van der Waals surface area contributed by atoms with Crippen LogP contribution in [0, 0.1) is 0 Å². The number of hydrogen-bond acceptors (Lipinski definition) is 0. The maximum Gasteiger partial charge on any atom is 0.416 e. The number of hydrogen-bond donors (Lipinski definition) is 0. The Bertz CT molecular complexity index is 1470. The standard InChI is InChI=1S/C32H20F6/c33-31(34,35)23-15-9-21(10-16-23)13-19-29-25-5-1-2-6-26(25)30(28-8-4-3-7-27(28)29)20-14-22-11-17-24(18-12-22)32(36,37)38/h1-20H/b19-13+,20-14+. The second kappa shape index (κ2) is 9.86. The molecule has 0 amide bonds. The molecule has 0 aliphatic heterocycles. The van der Waals surface area contributed by atoms with E-state index in [4.69, 9.17) is 0 Å². The molecule has 0 aliphatic carbocycles. The Labute approximate surface area is 215 Å². The zero-order valence-electron chi connectivity index (χ0n) is 19.8. The molecular weight excluding hydrogens is 498 g/mol. The van der Waals surface area contributed by atoms with Crippen LogP contribution in [-0.4, -0.2) is 0 Å². The Morgan fingerprint density at radius 1 is 0.368 bits per heavy atom. The van der Waals surface area contributed by atoms with Crippen molar-refractivity contribution in [1.82, 2.24) is 0 Å². The fourth-order valence-electron chi connectivity index (χ4n) is 4.48. The summed E-state index contributed by atoms with van der Waals surface area (Å²) in [6.45, 7) is 0. The lowest BCUT2D eigenvalue weighted by atomic mass is 9.90. The molecule has 0 saturated heterocycles. The molecule has 0 heterocycles. The van der Waals surface area contributed by atoms with Gasteiger partial charge in [0.05, 0.1) is 11.1 Å². The van der Waals surface area contributed by atoms with Crippen LogP contribution in [0.3, 0.4) is 0 Å². The lowest BCUT2D eigenvalue weighted by Gasteiger charge is -2.13. The topological polar surface area (TPSA) is 0 Å². The maximum atomic E-state index is 12.9. The Morgan fingerprint density at radius 3 is 0.921 bits per heavy atom. The highest BCUT2D eigenvalue weighted by molar-refractivity contribution is 6.14. The third-order valence-corrected chi connectivity index (χ3v) is 6.38. The highest BCUT2D eigenvalue weighted by Crippen LogP contribution is 2.36. The molecule has 190 valence electrons. The minimum atomic E-state index is -4.39. The Morgan fingerprint density at radius 2 is 0.658 bits per heavy atom.